The van der Waals surface area contributed by atoms with Gasteiger partial charge in [-0.15, -0.1) is 12.6 Å². The first kappa shape index (κ1) is 8.62. The summed E-state index contributed by atoms with van der Waals surface area (Å²) in [6.45, 7) is 1.55. The van der Waals surface area contributed by atoms with Gasteiger partial charge in [-0.1, -0.05) is 0 Å². The smallest absolute Gasteiger partial charge is 0.111 e. The molecule has 0 rings (SSSR count). The number of hydrogen-bond acceptors (Lipinski definition) is 4. The van der Waals surface area contributed by atoms with Crippen molar-refractivity contribution >= 4 is 25.3 Å². The lowest BCUT2D eigenvalue weighted by Crippen LogP contribution is -2.26. The van der Waals surface area contributed by atoms with Crippen LogP contribution in [-0.2, 0) is 0 Å². The molecule has 0 aromatic heterocycles. The molecule has 2 nitrogen and oxygen atoms in total. The molecule has 0 fully saturated rings. The Balaban J connectivity index is 3.46. The lowest BCUT2D eigenvalue weighted by Gasteiger charge is -2.14. The van der Waals surface area contributed by atoms with Crippen LogP contribution < -0.4 is 0 Å². The van der Waals surface area contributed by atoms with Gasteiger partial charge in [-0.05, 0) is 6.92 Å². The quantitative estimate of drug-likeness (QED) is 0.332. The van der Waals surface area contributed by atoms with E-state index in [1.54, 1.807) is 6.92 Å². The Hall–Kier alpha value is 0.620. The zero-order chi connectivity index (χ0) is 6.73. The molecule has 8 heavy (non-hydrogen) atoms. The van der Waals surface area contributed by atoms with E-state index in [0.29, 0.717) is 0 Å². The molecule has 4 heteroatoms. The molecule has 50 valence electrons. The molecule has 3 atom stereocenters. The van der Waals surface area contributed by atoms with Crippen LogP contribution in [0.2, 0.25) is 0 Å². The first-order chi connectivity index (χ1) is 3.55. The second kappa shape index (κ2) is 3.61. The predicted octanol–water partition coefficient (Wildman–Crippen LogP) is -0.0862. The highest BCUT2D eigenvalue weighted by Crippen LogP contribution is 2.09. The Bertz CT molecular complexity index is 57.1. The fraction of sp³-hybridized carbons (Fsp3) is 1.00. The molecule has 0 aromatic carbocycles. The third-order valence-corrected chi connectivity index (χ3v) is 2.07. The van der Waals surface area contributed by atoms with Crippen molar-refractivity contribution in [1.82, 2.24) is 0 Å². The van der Waals surface area contributed by atoms with Crippen LogP contribution in [0.4, 0.5) is 0 Å². The van der Waals surface area contributed by atoms with Crippen molar-refractivity contribution < 1.29 is 10.2 Å². The average Bonchev–Trinajstić information content (AvgIpc) is 1.64. The van der Waals surface area contributed by atoms with Crippen molar-refractivity contribution in [2.45, 2.75) is 23.7 Å². The Labute approximate surface area is 59.7 Å². The van der Waals surface area contributed by atoms with E-state index in [0.717, 1.165) is 0 Å². The van der Waals surface area contributed by atoms with Crippen LogP contribution in [0.15, 0.2) is 0 Å². The average molecular weight is 154 g/mol. The van der Waals surface area contributed by atoms with E-state index in [4.69, 9.17) is 10.2 Å². The van der Waals surface area contributed by atoms with Gasteiger partial charge in [0.2, 0.25) is 0 Å². The molecule has 0 saturated heterocycles. The van der Waals surface area contributed by atoms with Gasteiger partial charge < -0.3 is 10.2 Å². The molecule has 2 N–H and O–H groups in total. The molecule has 0 saturated carbocycles. The van der Waals surface area contributed by atoms with E-state index in [2.05, 4.69) is 25.3 Å². The van der Waals surface area contributed by atoms with Crippen LogP contribution in [0.5, 0.6) is 0 Å². The summed E-state index contributed by atoms with van der Waals surface area (Å²) in [7, 11) is 0. The lowest BCUT2D eigenvalue weighted by molar-refractivity contribution is 0.144. The summed E-state index contributed by atoms with van der Waals surface area (Å²) in [6.07, 6.45) is -0.620. The highest BCUT2D eigenvalue weighted by Gasteiger charge is 2.15. The molecule has 0 aliphatic rings. The van der Waals surface area contributed by atoms with Crippen LogP contribution >= 0.6 is 25.3 Å². The highest BCUT2D eigenvalue weighted by molar-refractivity contribution is 7.85. The first-order valence-corrected chi connectivity index (χ1v) is 3.31. The number of thiol groups is 2. The summed E-state index contributed by atoms with van der Waals surface area (Å²) < 4.78 is 0. The SMILES string of the molecule is CC(O)C(S)C(O)S. The van der Waals surface area contributed by atoms with Gasteiger partial charge in [-0.2, -0.15) is 12.6 Å². The van der Waals surface area contributed by atoms with E-state index in [9.17, 15) is 0 Å². The molecule has 0 aromatic rings. The summed E-state index contributed by atoms with van der Waals surface area (Å²) >= 11 is 7.49. The van der Waals surface area contributed by atoms with Gasteiger partial charge in [-0.3, -0.25) is 0 Å². The Morgan fingerprint density at radius 1 is 1.25 bits per heavy atom. The monoisotopic (exact) mass is 154 g/mol. The number of rotatable bonds is 2. The van der Waals surface area contributed by atoms with E-state index in [-0.39, 0.29) is 0 Å². The Morgan fingerprint density at radius 3 is 1.62 bits per heavy atom. The van der Waals surface area contributed by atoms with Crippen LogP contribution in [-0.4, -0.2) is 27.0 Å². The molecule has 0 spiro atoms. The van der Waals surface area contributed by atoms with Gasteiger partial charge in [0.1, 0.15) is 5.44 Å². The summed E-state index contributed by atoms with van der Waals surface area (Å²) in [5.74, 6) is 0. The maximum Gasteiger partial charge on any atom is 0.111 e. The van der Waals surface area contributed by atoms with E-state index < -0.39 is 16.8 Å². The summed E-state index contributed by atoms with van der Waals surface area (Å²) in [5, 5.41) is 16.9. The van der Waals surface area contributed by atoms with Crippen molar-refractivity contribution in [3.8, 4) is 0 Å². The fourth-order valence-corrected chi connectivity index (χ4v) is 0.498. The molecule has 0 radical (unpaired) electrons. The Morgan fingerprint density at radius 2 is 1.62 bits per heavy atom. The summed E-state index contributed by atoms with van der Waals surface area (Å²) in [6, 6.07) is 0. The minimum atomic E-state index is -0.849. The number of aliphatic hydroxyl groups is 2. The van der Waals surface area contributed by atoms with Crippen LogP contribution in [0.1, 0.15) is 6.92 Å². The van der Waals surface area contributed by atoms with Gasteiger partial charge in [0.25, 0.3) is 0 Å². The molecule has 0 amide bonds. The second-order valence-corrected chi connectivity index (χ2v) is 2.77. The molecule has 0 aliphatic carbocycles. The zero-order valence-corrected chi connectivity index (χ0v) is 6.31. The maximum absolute atomic E-state index is 8.71. The van der Waals surface area contributed by atoms with Gasteiger partial charge in [0.15, 0.2) is 0 Å². The van der Waals surface area contributed by atoms with E-state index in [1.165, 1.54) is 0 Å². The van der Waals surface area contributed by atoms with Crippen molar-refractivity contribution in [2.24, 2.45) is 0 Å². The normalized spacial score (nSPS) is 22.1. The van der Waals surface area contributed by atoms with Crippen molar-refractivity contribution in [1.29, 1.82) is 0 Å². The lowest BCUT2D eigenvalue weighted by atomic mass is 10.3. The number of hydrogen-bond donors (Lipinski definition) is 4. The molecule has 0 bridgehead atoms. The minimum Gasteiger partial charge on any atom is -0.392 e. The standard InChI is InChI=1S/C4H10O2S2/c1-2(5)3(7)4(6)8/h2-8H,1H3. The van der Waals surface area contributed by atoms with Gasteiger partial charge in [0.05, 0.1) is 11.4 Å². The van der Waals surface area contributed by atoms with Crippen molar-refractivity contribution in [3.63, 3.8) is 0 Å². The molecule has 0 heterocycles. The van der Waals surface area contributed by atoms with Crippen molar-refractivity contribution in [3.05, 3.63) is 0 Å². The zero-order valence-electron chi connectivity index (χ0n) is 4.52. The van der Waals surface area contributed by atoms with Gasteiger partial charge >= 0.3 is 0 Å². The maximum atomic E-state index is 8.71. The summed E-state index contributed by atoms with van der Waals surface area (Å²) in [4.78, 5) is 0. The van der Waals surface area contributed by atoms with E-state index in [1.807, 2.05) is 0 Å². The van der Waals surface area contributed by atoms with Gasteiger partial charge in [0, 0.05) is 0 Å². The predicted molar refractivity (Wildman–Crippen MR) is 39.4 cm³/mol. The second-order valence-electron chi connectivity index (χ2n) is 1.64. The number of aliphatic hydroxyl groups excluding tert-OH is 2. The highest BCUT2D eigenvalue weighted by atomic mass is 32.1. The third-order valence-electron chi connectivity index (χ3n) is 0.800. The van der Waals surface area contributed by atoms with Crippen molar-refractivity contribution in [2.75, 3.05) is 0 Å². The molecule has 3 unspecified atom stereocenters. The van der Waals surface area contributed by atoms with Crippen LogP contribution in [0.3, 0.4) is 0 Å². The van der Waals surface area contributed by atoms with E-state index >= 15 is 0 Å². The Kier molecular flexibility index (Phi) is 3.89. The van der Waals surface area contributed by atoms with Gasteiger partial charge in [-0.25, -0.2) is 0 Å². The third kappa shape index (κ3) is 2.81. The first-order valence-electron chi connectivity index (χ1n) is 2.28. The molecular formula is C4H10O2S2. The molecular weight excluding hydrogens is 144 g/mol. The van der Waals surface area contributed by atoms with Crippen LogP contribution in [0.25, 0.3) is 0 Å². The van der Waals surface area contributed by atoms with Crippen LogP contribution in [0, 0.1) is 0 Å². The molecule has 0 aliphatic heterocycles. The fourth-order valence-electron chi connectivity index (χ4n) is 0.249. The largest absolute Gasteiger partial charge is 0.392 e. The summed E-state index contributed by atoms with van der Waals surface area (Å²) in [5.41, 5.74) is -0.849. The topological polar surface area (TPSA) is 40.5 Å². The minimum absolute atomic E-state index is 0.460.